The minimum atomic E-state index is -4.36. The highest BCUT2D eigenvalue weighted by Gasteiger charge is 2.30. The Kier molecular flexibility index (Phi) is 6.78. The van der Waals surface area contributed by atoms with Gasteiger partial charge in [0, 0.05) is 18.7 Å². The third-order valence-corrected chi connectivity index (χ3v) is 6.00. The molecule has 1 aliphatic rings. The van der Waals surface area contributed by atoms with Crippen LogP contribution in [-0.2, 0) is 19.0 Å². The van der Waals surface area contributed by atoms with Crippen molar-refractivity contribution in [2.24, 2.45) is 0 Å². The van der Waals surface area contributed by atoms with E-state index in [-0.39, 0.29) is 12.6 Å². The summed E-state index contributed by atoms with van der Waals surface area (Å²) in [5.74, 6) is 1.91. The Bertz CT molecular complexity index is 1080. The van der Waals surface area contributed by atoms with E-state index in [0.29, 0.717) is 17.1 Å². The summed E-state index contributed by atoms with van der Waals surface area (Å²) in [7, 11) is 0. The molecule has 1 aromatic heterocycles. The minimum Gasteiger partial charge on any atom is -0.488 e. The van der Waals surface area contributed by atoms with Gasteiger partial charge in [-0.2, -0.15) is 13.2 Å². The normalized spacial score (nSPS) is 15.8. The molecule has 33 heavy (non-hydrogen) atoms. The van der Waals surface area contributed by atoms with Gasteiger partial charge in [-0.1, -0.05) is 18.2 Å². The number of hydrogen-bond donors (Lipinski definition) is 2. The van der Waals surface area contributed by atoms with Gasteiger partial charge in [0.2, 0.25) is 0 Å². The maximum atomic E-state index is 12.8. The van der Waals surface area contributed by atoms with E-state index in [1.807, 2.05) is 24.3 Å². The van der Waals surface area contributed by atoms with E-state index in [2.05, 4.69) is 11.8 Å². The number of aliphatic hydroxyl groups is 2. The van der Waals surface area contributed by atoms with Crippen LogP contribution in [0.2, 0.25) is 0 Å². The smallest absolute Gasteiger partial charge is 0.416 e. The summed E-state index contributed by atoms with van der Waals surface area (Å²) in [6.45, 7) is 3.51. The van der Waals surface area contributed by atoms with E-state index in [4.69, 9.17) is 19.4 Å². The third-order valence-electron chi connectivity index (χ3n) is 6.00. The average molecular weight is 461 g/mol. The quantitative estimate of drug-likeness (QED) is 0.516. The fourth-order valence-electron chi connectivity index (χ4n) is 4.10. The summed E-state index contributed by atoms with van der Waals surface area (Å²) < 4.78 is 49.8. The first-order valence-electron chi connectivity index (χ1n) is 10.8. The van der Waals surface area contributed by atoms with E-state index in [0.717, 1.165) is 43.8 Å². The Morgan fingerprint density at radius 1 is 0.970 bits per heavy atom. The van der Waals surface area contributed by atoms with Crippen LogP contribution in [0.15, 0.2) is 59.0 Å². The van der Waals surface area contributed by atoms with Crippen molar-refractivity contribution in [3.8, 4) is 17.1 Å². The van der Waals surface area contributed by atoms with Crippen molar-refractivity contribution >= 4 is 0 Å². The predicted molar refractivity (Wildman–Crippen MR) is 117 cm³/mol. The minimum absolute atomic E-state index is 0.00256. The van der Waals surface area contributed by atoms with Gasteiger partial charge in [0.05, 0.1) is 11.6 Å². The lowest BCUT2D eigenvalue weighted by atomic mass is 10.0. The SMILES string of the molecule is CC(c1ccc(-c2ccc(C(F)(F)F)cc2)o1)N1CCc2ccc(OCC(O)O)cc2CC1. The van der Waals surface area contributed by atoms with Crippen LogP contribution in [-0.4, -0.2) is 41.1 Å². The van der Waals surface area contributed by atoms with E-state index >= 15 is 0 Å². The molecule has 1 aliphatic heterocycles. The Morgan fingerprint density at radius 3 is 2.33 bits per heavy atom. The van der Waals surface area contributed by atoms with Gasteiger partial charge in [-0.05, 0) is 67.3 Å². The van der Waals surface area contributed by atoms with Crippen LogP contribution in [0.3, 0.4) is 0 Å². The standard InChI is InChI=1S/C25H26F3NO4/c1-16(22-8-9-23(33-22)18-2-5-20(6-3-18)25(26,27)28)29-12-10-17-4-7-21(32-15-24(30)31)14-19(17)11-13-29/h2-9,14,16,24,30-31H,10-13,15H2,1H3. The van der Waals surface area contributed by atoms with Crippen LogP contribution in [0.4, 0.5) is 13.2 Å². The Labute approximate surface area is 190 Å². The molecule has 2 heterocycles. The molecule has 0 bridgehead atoms. The molecule has 0 saturated heterocycles. The maximum absolute atomic E-state index is 12.8. The molecule has 0 amide bonds. The topological polar surface area (TPSA) is 66.1 Å². The molecule has 3 aromatic rings. The van der Waals surface area contributed by atoms with Crippen LogP contribution in [0.25, 0.3) is 11.3 Å². The molecule has 0 aliphatic carbocycles. The van der Waals surface area contributed by atoms with Crippen molar-refractivity contribution in [2.75, 3.05) is 19.7 Å². The number of fused-ring (bicyclic) bond motifs is 1. The molecule has 176 valence electrons. The second kappa shape index (κ2) is 9.59. The number of furan rings is 1. The number of ether oxygens (including phenoxy) is 1. The first kappa shape index (κ1) is 23.4. The van der Waals surface area contributed by atoms with Crippen molar-refractivity contribution in [1.29, 1.82) is 0 Å². The van der Waals surface area contributed by atoms with Crippen LogP contribution >= 0.6 is 0 Å². The van der Waals surface area contributed by atoms with E-state index in [1.54, 1.807) is 6.07 Å². The maximum Gasteiger partial charge on any atom is 0.416 e. The first-order chi connectivity index (χ1) is 15.7. The fraction of sp³-hybridized carbons (Fsp3) is 0.360. The largest absolute Gasteiger partial charge is 0.488 e. The second-order valence-electron chi connectivity index (χ2n) is 8.21. The lowest BCUT2D eigenvalue weighted by molar-refractivity contribution is -0.137. The number of halogens is 3. The number of rotatable bonds is 6. The van der Waals surface area contributed by atoms with Gasteiger partial charge in [0.1, 0.15) is 23.9 Å². The molecular weight excluding hydrogens is 435 g/mol. The van der Waals surface area contributed by atoms with Crippen LogP contribution in [0.5, 0.6) is 5.75 Å². The summed E-state index contributed by atoms with van der Waals surface area (Å²) in [6.07, 6.45) is -4.21. The number of aliphatic hydroxyl groups excluding tert-OH is 1. The highest BCUT2D eigenvalue weighted by atomic mass is 19.4. The number of hydrogen-bond acceptors (Lipinski definition) is 5. The van der Waals surface area contributed by atoms with Gasteiger partial charge in [-0.15, -0.1) is 0 Å². The molecular formula is C25H26F3NO4. The number of benzene rings is 2. The Hall–Kier alpha value is -2.81. The van der Waals surface area contributed by atoms with Crippen molar-refractivity contribution in [3.63, 3.8) is 0 Å². The zero-order valence-electron chi connectivity index (χ0n) is 18.2. The predicted octanol–water partition coefficient (Wildman–Crippen LogP) is 4.82. The number of alkyl halides is 3. The zero-order valence-corrected chi connectivity index (χ0v) is 18.2. The van der Waals surface area contributed by atoms with Crippen molar-refractivity contribution in [2.45, 2.75) is 38.3 Å². The number of nitrogens with zero attached hydrogens (tertiary/aromatic N) is 1. The molecule has 2 aromatic carbocycles. The summed E-state index contributed by atoms with van der Waals surface area (Å²) in [6, 6.07) is 14.4. The summed E-state index contributed by atoms with van der Waals surface area (Å²) in [4.78, 5) is 2.31. The fourth-order valence-corrected chi connectivity index (χ4v) is 4.10. The molecule has 5 nitrogen and oxygen atoms in total. The highest BCUT2D eigenvalue weighted by Crippen LogP contribution is 2.33. The van der Waals surface area contributed by atoms with Gasteiger partial charge >= 0.3 is 6.18 Å². The van der Waals surface area contributed by atoms with Crippen molar-refractivity contribution in [1.82, 2.24) is 4.90 Å². The molecule has 8 heteroatoms. The molecule has 4 rings (SSSR count). The zero-order chi connectivity index (χ0) is 23.6. The third kappa shape index (κ3) is 5.58. The molecule has 0 radical (unpaired) electrons. The highest BCUT2D eigenvalue weighted by molar-refractivity contribution is 5.58. The van der Waals surface area contributed by atoms with Gasteiger partial charge in [-0.3, -0.25) is 4.90 Å². The summed E-state index contributed by atoms with van der Waals surface area (Å²) in [5.41, 5.74) is 2.31. The Morgan fingerprint density at radius 2 is 1.67 bits per heavy atom. The van der Waals surface area contributed by atoms with Gasteiger partial charge < -0.3 is 19.4 Å². The van der Waals surface area contributed by atoms with Crippen molar-refractivity contribution in [3.05, 3.63) is 77.0 Å². The summed E-state index contributed by atoms with van der Waals surface area (Å²) >= 11 is 0. The monoisotopic (exact) mass is 461 g/mol. The lowest BCUT2D eigenvalue weighted by Gasteiger charge is -2.25. The van der Waals surface area contributed by atoms with Crippen molar-refractivity contribution < 1.29 is 32.5 Å². The van der Waals surface area contributed by atoms with E-state index < -0.39 is 18.0 Å². The Balaban J connectivity index is 1.42. The molecule has 1 unspecified atom stereocenters. The van der Waals surface area contributed by atoms with E-state index in [1.165, 1.54) is 23.3 Å². The van der Waals surface area contributed by atoms with Crippen LogP contribution in [0.1, 0.15) is 35.4 Å². The molecule has 1 atom stereocenters. The molecule has 2 N–H and O–H groups in total. The molecule has 0 fully saturated rings. The molecule has 0 saturated carbocycles. The lowest BCUT2D eigenvalue weighted by Crippen LogP contribution is -2.29. The van der Waals surface area contributed by atoms with Gasteiger partial charge in [-0.25, -0.2) is 0 Å². The second-order valence-corrected chi connectivity index (χ2v) is 8.21. The summed E-state index contributed by atoms with van der Waals surface area (Å²) in [5, 5.41) is 18.0. The van der Waals surface area contributed by atoms with E-state index in [9.17, 15) is 13.2 Å². The van der Waals surface area contributed by atoms with Crippen LogP contribution < -0.4 is 4.74 Å². The first-order valence-corrected chi connectivity index (χ1v) is 10.8. The van der Waals surface area contributed by atoms with Crippen LogP contribution in [0, 0.1) is 0 Å². The van der Waals surface area contributed by atoms with Gasteiger partial charge in [0.25, 0.3) is 0 Å². The van der Waals surface area contributed by atoms with Gasteiger partial charge in [0.15, 0.2) is 6.29 Å². The average Bonchev–Trinajstić information content (AvgIpc) is 3.18. The molecule has 0 spiro atoms.